The Labute approximate surface area is 140 Å². The Morgan fingerprint density at radius 2 is 1.91 bits per heavy atom. The van der Waals surface area contributed by atoms with Crippen LogP contribution in [0.1, 0.15) is 56.1 Å². The molecule has 1 heterocycles. The Morgan fingerprint density at radius 1 is 1.13 bits per heavy atom. The molecule has 1 aliphatic carbocycles. The Balaban J connectivity index is 1.30. The maximum Gasteiger partial charge on any atom is 0.220 e. The van der Waals surface area contributed by atoms with Crippen LogP contribution in [-0.4, -0.2) is 30.4 Å². The minimum Gasteiger partial charge on any atom is -0.356 e. The molecule has 3 rings (SSSR count). The first-order chi connectivity index (χ1) is 11.3. The largest absolute Gasteiger partial charge is 0.356 e. The molecule has 1 aromatic rings. The molecule has 3 heteroatoms. The second kappa shape index (κ2) is 8.49. The number of rotatable bonds is 6. The number of amides is 1. The van der Waals surface area contributed by atoms with Crippen molar-refractivity contribution in [3.63, 3.8) is 0 Å². The predicted octanol–water partition coefficient (Wildman–Crippen LogP) is 3.52. The highest BCUT2D eigenvalue weighted by Gasteiger charge is 2.17. The predicted molar refractivity (Wildman–Crippen MR) is 94.2 cm³/mol. The summed E-state index contributed by atoms with van der Waals surface area (Å²) in [5, 5.41) is 3.12. The quantitative estimate of drug-likeness (QED) is 0.815. The van der Waals surface area contributed by atoms with Crippen molar-refractivity contribution in [3.8, 4) is 0 Å². The summed E-state index contributed by atoms with van der Waals surface area (Å²) >= 11 is 0. The Bertz CT molecular complexity index is 508. The molecule has 1 amide bonds. The molecule has 0 radical (unpaired) electrons. The third kappa shape index (κ3) is 5.07. The zero-order chi connectivity index (χ0) is 15.9. The molecule has 1 N–H and O–H groups in total. The highest BCUT2D eigenvalue weighted by atomic mass is 16.1. The maximum atomic E-state index is 12.0. The summed E-state index contributed by atoms with van der Waals surface area (Å²) in [5.74, 6) is 0.906. The molecule has 3 nitrogen and oxygen atoms in total. The lowest BCUT2D eigenvalue weighted by atomic mass is 9.87. The van der Waals surface area contributed by atoms with Gasteiger partial charge < -0.3 is 5.32 Å². The van der Waals surface area contributed by atoms with Crippen LogP contribution >= 0.6 is 0 Å². The van der Waals surface area contributed by atoms with Crippen LogP contribution in [0.5, 0.6) is 0 Å². The molecule has 0 aromatic heterocycles. The van der Waals surface area contributed by atoms with Crippen LogP contribution in [0.2, 0.25) is 0 Å². The molecule has 0 atom stereocenters. The van der Waals surface area contributed by atoms with Gasteiger partial charge in [-0.05, 0) is 42.7 Å². The van der Waals surface area contributed by atoms with Crippen molar-refractivity contribution in [3.05, 3.63) is 35.4 Å². The second-order valence-electron chi connectivity index (χ2n) is 7.21. The first-order valence-electron chi connectivity index (χ1n) is 9.37. The summed E-state index contributed by atoms with van der Waals surface area (Å²) in [6, 6.07) is 8.76. The van der Waals surface area contributed by atoms with E-state index in [1.54, 1.807) is 0 Å². The van der Waals surface area contributed by atoms with Crippen molar-refractivity contribution in [2.75, 3.05) is 19.6 Å². The molecule has 0 spiro atoms. The lowest BCUT2D eigenvalue weighted by Gasteiger charge is -2.28. The van der Waals surface area contributed by atoms with Crippen molar-refractivity contribution in [1.29, 1.82) is 0 Å². The second-order valence-corrected chi connectivity index (χ2v) is 7.21. The van der Waals surface area contributed by atoms with E-state index < -0.39 is 0 Å². The van der Waals surface area contributed by atoms with Gasteiger partial charge in [-0.3, -0.25) is 9.69 Å². The normalized spacial score (nSPS) is 19.3. The van der Waals surface area contributed by atoms with E-state index >= 15 is 0 Å². The van der Waals surface area contributed by atoms with E-state index in [1.807, 2.05) is 0 Å². The van der Waals surface area contributed by atoms with E-state index in [4.69, 9.17) is 0 Å². The number of carbonyl (C=O) groups excluding carboxylic acids is 1. The lowest BCUT2D eigenvalue weighted by molar-refractivity contribution is -0.122. The van der Waals surface area contributed by atoms with Gasteiger partial charge in [-0.2, -0.15) is 0 Å². The summed E-state index contributed by atoms with van der Waals surface area (Å²) in [4.78, 5) is 14.5. The number of benzene rings is 1. The van der Waals surface area contributed by atoms with E-state index in [2.05, 4.69) is 34.5 Å². The zero-order valence-electron chi connectivity index (χ0n) is 14.2. The molecule has 2 aliphatic rings. The minimum absolute atomic E-state index is 0.265. The fourth-order valence-electron chi connectivity index (χ4n) is 4.00. The number of hydrogen-bond donors (Lipinski definition) is 1. The molecule has 23 heavy (non-hydrogen) atoms. The Kier molecular flexibility index (Phi) is 6.09. The van der Waals surface area contributed by atoms with E-state index in [-0.39, 0.29) is 5.91 Å². The molecule has 1 aliphatic heterocycles. The Morgan fingerprint density at radius 3 is 2.74 bits per heavy atom. The highest BCUT2D eigenvalue weighted by molar-refractivity contribution is 5.76. The van der Waals surface area contributed by atoms with Gasteiger partial charge in [0.05, 0.1) is 0 Å². The number of nitrogens with one attached hydrogen (secondary N) is 1. The minimum atomic E-state index is 0.265. The summed E-state index contributed by atoms with van der Waals surface area (Å²) in [5.41, 5.74) is 2.98. The third-order valence-corrected chi connectivity index (χ3v) is 5.38. The van der Waals surface area contributed by atoms with Crippen molar-refractivity contribution in [2.24, 2.45) is 5.92 Å². The van der Waals surface area contributed by atoms with Crippen molar-refractivity contribution in [1.82, 2.24) is 10.2 Å². The monoisotopic (exact) mass is 314 g/mol. The third-order valence-electron chi connectivity index (χ3n) is 5.38. The van der Waals surface area contributed by atoms with Crippen LogP contribution in [0.25, 0.3) is 0 Å². The number of carbonyl (C=O) groups is 1. The van der Waals surface area contributed by atoms with Crippen LogP contribution < -0.4 is 5.32 Å². The number of hydrogen-bond acceptors (Lipinski definition) is 2. The van der Waals surface area contributed by atoms with Crippen molar-refractivity contribution in [2.45, 2.75) is 57.9 Å². The molecule has 0 saturated heterocycles. The fraction of sp³-hybridized carbons (Fsp3) is 0.650. The number of nitrogens with zero attached hydrogens (tertiary/aromatic N) is 1. The smallest absolute Gasteiger partial charge is 0.220 e. The molecule has 126 valence electrons. The topological polar surface area (TPSA) is 32.3 Å². The first kappa shape index (κ1) is 16.5. The summed E-state index contributed by atoms with van der Waals surface area (Å²) in [7, 11) is 0. The van der Waals surface area contributed by atoms with E-state index in [0.717, 1.165) is 45.4 Å². The van der Waals surface area contributed by atoms with Crippen LogP contribution in [0.3, 0.4) is 0 Å². The zero-order valence-corrected chi connectivity index (χ0v) is 14.2. The van der Waals surface area contributed by atoms with Crippen LogP contribution in [0.4, 0.5) is 0 Å². The number of fused-ring (bicyclic) bond motifs is 1. The average molecular weight is 314 g/mol. The fourth-order valence-corrected chi connectivity index (χ4v) is 4.00. The van der Waals surface area contributed by atoms with Gasteiger partial charge in [-0.15, -0.1) is 0 Å². The van der Waals surface area contributed by atoms with Gasteiger partial charge >= 0.3 is 0 Å². The summed E-state index contributed by atoms with van der Waals surface area (Å²) in [6.45, 7) is 4.11. The SMILES string of the molecule is O=C(CC1CCCCC1)NCCCN1CCc2ccccc2C1. The van der Waals surface area contributed by atoms with Crippen LogP contribution in [-0.2, 0) is 17.8 Å². The molecule has 1 aromatic carbocycles. The molecule has 1 saturated carbocycles. The van der Waals surface area contributed by atoms with E-state index in [9.17, 15) is 4.79 Å². The van der Waals surface area contributed by atoms with Gasteiger partial charge in [0.1, 0.15) is 0 Å². The summed E-state index contributed by atoms with van der Waals surface area (Å²) < 4.78 is 0. The van der Waals surface area contributed by atoms with E-state index in [0.29, 0.717) is 5.92 Å². The molecular weight excluding hydrogens is 284 g/mol. The first-order valence-corrected chi connectivity index (χ1v) is 9.37. The van der Waals surface area contributed by atoms with Crippen LogP contribution in [0, 0.1) is 5.92 Å². The molecule has 0 bridgehead atoms. The molecule has 0 unspecified atom stereocenters. The van der Waals surface area contributed by atoms with Gasteiger partial charge in [0.15, 0.2) is 0 Å². The lowest BCUT2D eigenvalue weighted by Crippen LogP contribution is -2.34. The van der Waals surface area contributed by atoms with Gasteiger partial charge in [0, 0.05) is 32.6 Å². The highest BCUT2D eigenvalue weighted by Crippen LogP contribution is 2.26. The van der Waals surface area contributed by atoms with Crippen LogP contribution in [0.15, 0.2) is 24.3 Å². The van der Waals surface area contributed by atoms with E-state index in [1.165, 1.54) is 43.2 Å². The van der Waals surface area contributed by atoms with Gasteiger partial charge in [0.2, 0.25) is 5.91 Å². The summed E-state index contributed by atoms with van der Waals surface area (Å²) in [6.07, 6.45) is 9.45. The van der Waals surface area contributed by atoms with Crippen molar-refractivity contribution < 1.29 is 4.79 Å². The van der Waals surface area contributed by atoms with Gasteiger partial charge in [-0.25, -0.2) is 0 Å². The maximum absolute atomic E-state index is 12.0. The molecular formula is C20H30N2O. The molecule has 1 fully saturated rings. The standard InChI is InChI=1S/C20H30N2O/c23-20(15-17-7-2-1-3-8-17)21-12-6-13-22-14-11-18-9-4-5-10-19(18)16-22/h4-5,9-10,17H,1-3,6-8,11-16H2,(H,21,23). The van der Waals surface area contributed by atoms with Crippen molar-refractivity contribution >= 4 is 5.91 Å². The Hall–Kier alpha value is -1.35. The van der Waals surface area contributed by atoms with Gasteiger partial charge in [0.25, 0.3) is 0 Å². The van der Waals surface area contributed by atoms with Gasteiger partial charge in [-0.1, -0.05) is 43.5 Å². The average Bonchev–Trinajstić information content (AvgIpc) is 2.59.